The van der Waals surface area contributed by atoms with Crippen molar-refractivity contribution in [2.45, 2.75) is 63.7 Å². The number of rotatable bonds is 17. The molecule has 0 radical (unpaired) electrons. The standard InChI is InChI=1S/C37H41N3O7/c1-41-32-19-17-29(18-20-32)24-44-34-33(26-43-25-31-16-10-9-15-30(31)21-39-40-38)47-37(42-2)36(46-23-28-13-7-4-8-14-28)35(34)45-22-27-11-5-3-6-12-27/h3-20,33-37H,21-26H2,1-2H3/t33-,34-,35+,36-,37+/m1/s1. The molecular formula is C37H41N3O7. The number of hydrogen-bond donors (Lipinski definition) is 0. The number of nitrogens with zero attached hydrogens (tertiary/aromatic N) is 3. The molecular weight excluding hydrogens is 598 g/mol. The normalized spacial score (nSPS) is 20.8. The van der Waals surface area contributed by atoms with E-state index in [1.54, 1.807) is 14.2 Å². The summed E-state index contributed by atoms with van der Waals surface area (Å²) in [6.45, 7) is 1.72. The summed E-state index contributed by atoms with van der Waals surface area (Å²) in [4.78, 5) is 2.90. The fourth-order valence-electron chi connectivity index (χ4n) is 5.46. The highest BCUT2D eigenvalue weighted by Gasteiger charge is 2.48. The summed E-state index contributed by atoms with van der Waals surface area (Å²) in [7, 11) is 3.24. The molecule has 0 bridgehead atoms. The quantitative estimate of drug-likeness (QED) is 0.0685. The SMILES string of the molecule is COc1ccc(CO[C@H]2[C@H](OCc3ccccc3)[C@@H](OCc3ccccc3)[C@@H](OC)O[C@@H]2COCc2ccccc2CN=[N+]=[N-])cc1. The van der Waals surface area contributed by atoms with Gasteiger partial charge in [0.15, 0.2) is 6.29 Å². The van der Waals surface area contributed by atoms with Gasteiger partial charge in [0.2, 0.25) is 0 Å². The maximum atomic E-state index is 8.82. The second-order valence-electron chi connectivity index (χ2n) is 11.1. The number of benzene rings is 4. The summed E-state index contributed by atoms with van der Waals surface area (Å²) in [6, 6.07) is 35.4. The molecule has 47 heavy (non-hydrogen) atoms. The van der Waals surface area contributed by atoms with E-state index in [4.69, 9.17) is 38.7 Å². The molecule has 0 N–H and O–H groups in total. The van der Waals surface area contributed by atoms with Crippen LogP contribution in [0.1, 0.15) is 27.8 Å². The van der Waals surface area contributed by atoms with E-state index in [9.17, 15) is 0 Å². The highest BCUT2D eigenvalue weighted by atomic mass is 16.7. The van der Waals surface area contributed by atoms with Crippen molar-refractivity contribution in [3.05, 3.63) is 147 Å². The molecule has 1 aliphatic rings. The second kappa shape index (κ2) is 18.2. The average molecular weight is 640 g/mol. The Morgan fingerprint density at radius 2 is 1.19 bits per heavy atom. The monoisotopic (exact) mass is 639 g/mol. The van der Waals surface area contributed by atoms with E-state index in [0.29, 0.717) is 26.4 Å². The van der Waals surface area contributed by atoms with Crippen LogP contribution < -0.4 is 4.74 Å². The van der Waals surface area contributed by atoms with Crippen LogP contribution in [0.15, 0.2) is 114 Å². The molecule has 0 saturated carbocycles. The molecule has 0 aromatic heterocycles. The Hall–Kier alpha value is -4.25. The van der Waals surface area contributed by atoms with Crippen LogP contribution >= 0.6 is 0 Å². The summed E-state index contributed by atoms with van der Waals surface area (Å²) in [6.07, 6.45) is -3.05. The molecule has 5 atom stereocenters. The van der Waals surface area contributed by atoms with Gasteiger partial charge in [0.1, 0.15) is 30.2 Å². The van der Waals surface area contributed by atoms with E-state index in [-0.39, 0.29) is 13.2 Å². The van der Waals surface area contributed by atoms with Crippen LogP contribution in [0.25, 0.3) is 10.4 Å². The van der Waals surface area contributed by atoms with Crippen molar-refractivity contribution < 1.29 is 33.2 Å². The van der Waals surface area contributed by atoms with Crippen molar-refractivity contribution in [1.82, 2.24) is 0 Å². The van der Waals surface area contributed by atoms with E-state index in [0.717, 1.165) is 33.6 Å². The molecule has 4 aromatic carbocycles. The van der Waals surface area contributed by atoms with Gasteiger partial charge >= 0.3 is 0 Å². The smallest absolute Gasteiger partial charge is 0.186 e. The fraction of sp³-hybridized carbons (Fsp3) is 0.351. The summed E-state index contributed by atoms with van der Waals surface area (Å²) >= 11 is 0. The predicted octanol–water partition coefficient (Wildman–Crippen LogP) is 7.15. The highest BCUT2D eigenvalue weighted by Crippen LogP contribution is 2.31. The van der Waals surface area contributed by atoms with Gasteiger partial charge in [0, 0.05) is 12.0 Å². The lowest BCUT2D eigenvalue weighted by Crippen LogP contribution is -2.61. The molecule has 1 heterocycles. The largest absolute Gasteiger partial charge is 0.497 e. The second-order valence-corrected chi connectivity index (χ2v) is 11.1. The summed E-state index contributed by atoms with van der Waals surface area (Å²) in [5.41, 5.74) is 13.7. The predicted molar refractivity (Wildman–Crippen MR) is 176 cm³/mol. The number of ether oxygens (including phenoxy) is 7. The van der Waals surface area contributed by atoms with Crippen molar-refractivity contribution in [1.29, 1.82) is 0 Å². The van der Waals surface area contributed by atoms with Gasteiger partial charge in [-0.25, -0.2) is 0 Å². The maximum absolute atomic E-state index is 8.82. The van der Waals surface area contributed by atoms with Crippen LogP contribution in [0.5, 0.6) is 5.75 Å². The maximum Gasteiger partial charge on any atom is 0.186 e. The molecule has 1 aliphatic heterocycles. The van der Waals surface area contributed by atoms with Crippen molar-refractivity contribution in [3.8, 4) is 5.75 Å². The molecule has 1 fully saturated rings. The van der Waals surface area contributed by atoms with E-state index in [1.807, 2.05) is 109 Å². The van der Waals surface area contributed by atoms with Crippen molar-refractivity contribution in [2.75, 3.05) is 20.8 Å². The van der Waals surface area contributed by atoms with E-state index in [2.05, 4.69) is 10.0 Å². The van der Waals surface area contributed by atoms with Gasteiger partial charge in [-0.2, -0.15) is 0 Å². The molecule has 10 heteroatoms. The lowest BCUT2D eigenvalue weighted by molar-refractivity contribution is -0.323. The number of hydrogen-bond acceptors (Lipinski definition) is 8. The molecule has 0 aliphatic carbocycles. The summed E-state index contributed by atoms with van der Waals surface area (Å²) in [5.74, 6) is 0.767. The Bertz CT molecular complexity index is 1530. The zero-order valence-electron chi connectivity index (χ0n) is 26.7. The molecule has 0 spiro atoms. The van der Waals surface area contributed by atoms with Crippen LogP contribution in [0.4, 0.5) is 0 Å². The van der Waals surface area contributed by atoms with E-state index in [1.165, 1.54) is 0 Å². The Morgan fingerprint density at radius 1 is 0.638 bits per heavy atom. The molecule has 1 saturated heterocycles. The minimum Gasteiger partial charge on any atom is -0.497 e. The minimum absolute atomic E-state index is 0.194. The van der Waals surface area contributed by atoms with Gasteiger partial charge in [-0.15, -0.1) is 0 Å². The molecule has 0 amide bonds. The van der Waals surface area contributed by atoms with Crippen LogP contribution in [0, 0.1) is 0 Å². The van der Waals surface area contributed by atoms with E-state index >= 15 is 0 Å². The Kier molecular flexibility index (Phi) is 13.2. The lowest BCUT2D eigenvalue weighted by Gasteiger charge is -2.45. The zero-order valence-corrected chi connectivity index (χ0v) is 26.7. The Balaban J connectivity index is 1.40. The first kappa shape index (κ1) is 34.1. The van der Waals surface area contributed by atoms with Crippen molar-refractivity contribution >= 4 is 0 Å². The summed E-state index contributed by atoms with van der Waals surface area (Å²) < 4.78 is 43.8. The Labute approximate surface area is 275 Å². The van der Waals surface area contributed by atoms with Gasteiger partial charge in [-0.05, 0) is 45.5 Å². The topological polar surface area (TPSA) is 113 Å². The first-order valence-electron chi connectivity index (χ1n) is 15.6. The third kappa shape index (κ3) is 9.87. The first-order valence-corrected chi connectivity index (χ1v) is 15.6. The van der Waals surface area contributed by atoms with Crippen LogP contribution in [0.3, 0.4) is 0 Å². The lowest BCUT2D eigenvalue weighted by atomic mass is 9.97. The minimum atomic E-state index is -0.744. The zero-order chi connectivity index (χ0) is 32.7. The molecule has 246 valence electrons. The van der Waals surface area contributed by atoms with Crippen LogP contribution in [0.2, 0.25) is 0 Å². The average Bonchev–Trinajstić information content (AvgIpc) is 3.13. The summed E-state index contributed by atoms with van der Waals surface area (Å²) in [5, 5.41) is 3.73. The number of azide groups is 1. The van der Waals surface area contributed by atoms with Crippen LogP contribution in [-0.2, 0) is 61.4 Å². The third-order valence-electron chi connectivity index (χ3n) is 7.96. The van der Waals surface area contributed by atoms with Crippen molar-refractivity contribution in [3.63, 3.8) is 0 Å². The molecule has 4 aromatic rings. The third-order valence-corrected chi connectivity index (χ3v) is 7.96. The highest BCUT2D eigenvalue weighted by molar-refractivity contribution is 5.27. The van der Waals surface area contributed by atoms with Gasteiger partial charge in [0.25, 0.3) is 0 Å². The Morgan fingerprint density at radius 3 is 1.79 bits per heavy atom. The fourth-order valence-corrected chi connectivity index (χ4v) is 5.46. The number of methoxy groups -OCH3 is 2. The van der Waals surface area contributed by atoms with Gasteiger partial charge in [0.05, 0.1) is 46.7 Å². The van der Waals surface area contributed by atoms with Crippen LogP contribution in [-0.4, -0.2) is 51.5 Å². The van der Waals surface area contributed by atoms with Gasteiger partial charge in [-0.1, -0.05) is 102 Å². The molecule has 0 unspecified atom stereocenters. The van der Waals surface area contributed by atoms with Crippen molar-refractivity contribution in [2.24, 2.45) is 5.11 Å². The first-order chi connectivity index (χ1) is 23.2. The molecule has 5 rings (SSSR count). The van der Waals surface area contributed by atoms with Gasteiger partial charge in [-0.3, -0.25) is 0 Å². The molecule has 10 nitrogen and oxygen atoms in total. The van der Waals surface area contributed by atoms with Gasteiger partial charge < -0.3 is 33.2 Å². The van der Waals surface area contributed by atoms with E-state index < -0.39 is 30.7 Å².